The lowest BCUT2D eigenvalue weighted by molar-refractivity contribution is -0.385. The molecule has 2 rings (SSSR count). The molecule has 0 aliphatic rings. The molecule has 1 N–H and O–H groups in total. The number of hydrogen-bond acceptors (Lipinski definition) is 5. The number of hydrogen-bond donors (Lipinski definition) is 1. The number of nitrogens with one attached hydrogen (secondary N) is 1. The lowest BCUT2D eigenvalue weighted by atomic mass is 10.1. The van der Waals surface area contributed by atoms with E-state index in [4.69, 9.17) is 0 Å². The Kier molecular flexibility index (Phi) is 7.27. The molecule has 0 atom stereocenters. The SMILES string of the molecule is Cc1ccc(SCCNC(=O)c2cc(OCC(F)(F)F)ccc2[N+](=O)[O-])cc1. The van der Waals surface area contributed by atoms with E-state index >= 15 is 0 Å². The van der Waals surface area contributed by atoms with Crippen LogP contribution in [-0.4, -0.2) is 35.9 Å². The fraction of sp³-hybridized carbons (Fsp3) is 0.278. The van der Waals surface area contributed by atoms with Crippen LogP contribution in [-0.2, 0) is 0 Å². The predicted octanol–water partition coefficient (Wildman–Crippen LogP) is 4.37. The zero-order valence-electron chi connectivity index (χ0n) is 14.8. The van der Waals surface area contributed by atoms with Crippen molar-refractivity contribution in [3.8, 4) is 5.75 Å². The quantitative estimate of drug-likeness (QED) is 0.300. The van der Waals surface area contributed by atoms with E-state index in [-0.39, 0.29) is 17.9 Å². The molecule has 1 amide bonds. The Morgan fingerprint density at radius 2 is 1.89 bits per heavy atom. The molecule has 6 nitrogen and oxygen atoms in total. The van der Waals surface area contributed by atoms with Crippen molar-refractivity contribution in [3.63, 3.8) is 0 Å². The molecule has 150 valence electrons. The normalized spacial score (nSPS) is 11.1. The van der Waals surface area contributed by atoms with Gasteiger partial charge < -0.3 is 10.1 Å². The molecule has 0 aromatic heterocycles. The Hall–Kier alpha value is -2.75. The van der Waals surface area contributed by atoms with Gasteiger partial charge in [0.05, 0.1) is 4.92 Å². The maximum Gasteiger partial charge on any atom is 0.422 e. The fourth-order valence-corrected chi connectivity index (χ4v) is 2.94. The summed E-state index contributed by atoms with van der Waals surface area (Å²) in [6, 6.07) is 10.7. The third-order valence-electron chi connectivity index (χ3n) is 3.49. The van der Waals surface area contributed by atoms with Gasteiger partial charge in [0.15, 0.2) is 6.61 Å². The second-order valence-electron chi connectivity index (χ2n) is 5.76. The van der Waals surface area contributed by atoms with Crippen molar-refractivity contribution in [2.75, 3.05) is 18.9 Å². The zero-order chi connectivity index (χ0) is 20.7. The number of nitro groups is 1. The van der Waals surface area contributed by atoms with Gasteiger partial charge in [-0.2, -0.15) is 13.2 Å². The molecule has 10 heteroatoms. The summed E-state index contributed by atoms with van der Waals surface area (Å²) in [4.78, 5) is 23.6. The summed E-state index contributed by atoms with van der Waals surface area (Å²) >= 11 is 1.49. The summed E-state index contributed by atoms with van der Waals surface area (Å²) in [6.07, 6.45) is -4.56. The van der Waals surface area contributed by atoms with Gasteiger partial charge in [0.1, 0.15) is 11.3 Å². The van der Waals surface area contributed by atoms with E-state index in [0.29, 0.717) is 5.75 Å². The molecular weight excluding hydrogens is 397 g/mol. The monoisotopic (exact) mass is 414 g/mol. The molecule has 0 radical (unpaired) electrons. The second-order valence-corrected chi connectivity index (χ2v) is 6.93. The highest BCUT2D eigenvalue weighted by Gasteiger charge is 2.29. The minimum absolute atomic E-state index is 0.224. The molecule has 2 aromatic carbocycles. The number of rotatable bonds is 8. The Morgan fingerprint density at radius 3 is 2.50 bits per heavy atom. The third-order valence-corrected chi connectivity index (χ3v) is 4.50. The topological polar surface area (TPSA) is 81.5 Å². The minimum atomic E-state index is -4.56. The van der Waals surface area contributed by atoms with Crippen LogP contribution in [0, 0.1) is 17.0 Å². The number of thioether (sulfide) groups is 1. The first-order valence-corrected chi connectivity index (χ1v) is 9.10. The molecule has 0 saturated carbocycles. The molecule has 2 aromatic rings. The van der Waals surface area contributed by atoms with Crippen LogP contribution >= 0.6 is 11.8 Å². The second kappa shape index (κ2) is 9.45. The summed E-state index contributed by atoms with van der Waals surface area (Å²) < 4.78 is 41.3. The number of nitro benzene ring substituents is 1. The van der Waals surface area contributed by atoms with Crippen molar-refractivity contribution in [1.29, 1.82) is 0 Å². The van der Waals surface area contributed by atoms with Crippen molar-refractivity contribution in [2.24, 2.45) is 0 Å². The average molecular weight is 414 g/mol. The van der Waals surface area contributed by atoms with Gasteiger partial charge in [0.25, 0.3) is 11.6 Å². The van der Waals surface area contributed by atoms with E-state index < -0.39 is 29.3 Å². The summed E-state index contributed by atoms with van der Waals surface area (Å²) in [7, 11) is 0. The van der Waals surface area contributed by atoms with Crippen LogP contribution < -0.4 is 10.1 Å². The smallest absolute Gasteiger partial charge is 0.422 e. The predicted molar refractivity (Wildman–Crippen MR) is 98.9 cm³/mol. The molecule has 0 fully saturated rings. The number of carbonyl (C=O) groups excluding carboxylic acids is 1. The van der Waals surface area contributed by atoms with Crippen LogP contribution in [0.15, 0.2) is 47.4 Å². The average Bonchev–Trinajstić information content (AvgIpc) is 2.64. The third kappa shape index (κ3) is 6.76. The van der Waals surface area contributed by atoms with Gasteiger partial charge in [0.2, 0.25) is 0 Å². The Labute approximate surface area is 163 Å². The van der Waals surface area contributed by atoms with Gasteiger partial charge in [-0.1, -0.05) is 17.7 Å². The lowest BCUT2D eigenvalue weighted by Gasteiger charge is -2.11. The standard InChI is InChI=1S/C18H17F3N2O4S/c1-12-2-5-14(6-3-12)28-9-8-22-17(24)15-10-13(27-11-18(19,20)21)4-7-16(15)23(25)26/h2-7,10H,8-9,11H2,1H3,(H,22,24). The zero-order valence-corrected chi connectivity index (χ0v) is 15.6. The van der Waals surface area contributed by atoms with Crippen molar-refractivity contribution in [3.05, 3.63) is 63.7 Å². The van der Waals surface area contributed by atoms with Gasteiger partial charge in [-0.15, -0.1) is 11.8 Å². The van der Waals surface area contributed by atoms with Crippen LogP contribution in [0.2, 0.25) is 0 Å². The van der Waals surface area contributed by atoms with Crippen LogP contribution in [0.5, 0.6) is 5.75 Å². The number of amides is 1. The van der Waals surface area contributed by atoms with E-state index in [2.05, 4.69) is 10.1 Å². The summed E-state index contributed by atoms with van der Waals surface area (Å²) in [5, 5.41) is 13.6. The van der Waals surface area contributed by atoms with Gasteiger partial charge in [0, 0.05) is 23.3 Å². The van der Waals surface area contributed by atoms with Crippen molar-refractivity contribution >= 4 is 23.4 Å². The highest BCUT2D eigenvalue weighted by atomic mass is 32.2. The van der Waals surface area contributed by atoms with Crippen molar-refractivity contribution in [1.82, 2.24) is 5.32 Å². The van der Waals surface area contributed by atoms with Crippen LogP contribution in [0.1, 0.15) is 15.9 Å². The molecule has 0 aliphatic carbocycles. The molecule has 0 heterocycles. The van der Waals surface area contributed by atoms with E-state index in [1.165, 1.54) is 11.8 Å². The molecule has 0 bridgehead atoms. The lowest BCUT2D eigenvalue weighted by Crippen LogP contribution is -2.26. The molecule has 0 saturated heterocycles. The van der Waals surface area contributed by atoms with E-state index in [1.54, 1.807) is 0 Å². The van der Waals surface area contributed by atoms with Gasteiger partial charge >= 0.3 is 6.18 Å². The highest BCUT2D eigenvalue weighted by molar-refractivity contribution is 7.99. The first kappa shape index (κ1) is 21.5. The summed E-state index contributed by atoms with van der Waals surface area (Å²) in [6.45, 7) is 0.634. The number of nitrogens with zero attached hydrogens (tertiary/aromatic N) is 1. The number of halogens is 3. The van der Waals surface area contributed by atoms with E-state index in [0.717, 1.165) is 28.7 Å². The number of benzene rings is 2. The van der Waals surface area contributed by atoms with Gasteiger partial charge in [-0.25, -0.2) is 0 Å². The minimum Gasteiger partial charge on any atom is -0.484 e. The van der Waals surface area contributed by atoms with Crippen molar-refractivity contribution < 1.29 is 27.6 Å². The number of aryl methyl sites for hydroxylation is 1. The Bertz CT molecular complexity index is 842. The summed E-state index contributed by atoms with van der Waals surface area (Å²) in [5.41, 5.74) is 0.255. The van der Waals surface area contributed by atoms with E-state index in [1.807, 2.05) is 31.2 Å². The fourth-order valence-electron chi connectivity index (χ4n) is 2.17. The highest BCUT2D eigenvalue weighted by Crippen LogP contribution is 2.26. The van der Waals surface area contributed by atoms with Crippen molar-refractivity contribution in [2.45, 2.75) is 18.0 Å². The first-order chi connectivity index (χ1) is 13.2. The number of carbonyl (C=O) groups is 1. The number of ether oxygens (including phenoxy) is 1. The molecule has 0 unspecified atom stereocenters. The van der Waals surface area contributed by atoms with Gasteiger partial charge in [-0.3, -0.25) is 14.9 Å². The Morgan fingerprint density at radius 1 is 1.21 bits per heavy atom. The maximum atomic E-state index is 12.3. The van der Waals surface area contributed by atoms with Crippen LogP contribution in [0.3, 0.4) is 0 Å². The molecule has 28 heavy (non-hydrogen) atoms. The van der Waals surface area contributed by atoms with Gasteiger partial charge in [-0.05, 0) is 31.2 Å². The molecule has 0 aliphatic heterocycles. The largest absolute Gasteiger partial charge is 0.484 e. The summed E-state index contributed by atoms with van der Waals surface area (Å²) in [5.74, 6) is -0.511. The number of alkyl halides is 3. The first-order valence-electron chi connectivity index (χ1n) is 8.11. The maximum absolute atomic E-state index is 12.3. The molecule has 0 spiro atoms. The van der Waals surface area contributed by atoms with Crippen LogP contribution in [0.4, 0.5) is 18.9 Å². The van der Waals surface area contributed by atoms with Crippen LogP contribution in [0.25, 0.3) is 0 Å². The molecular formula is C18H17F3N2O4S. The van der Waals surface area contributed by atoms with E-state index in [9.17, 15) is 28.1 Å². The Balaban J connectivity index is 1.99.